The molecule has 0 radical (unpaired) electrons. The van der Waals surface area contributed by atoms with E-state index in [9.17, 15) is 22.4 Å². The molecule has 2 aromatic carbocycles. The quantitative estimate of drug-likeness (QED) is 0.858. The first-order chi connectivity index (χ1) is 10.5. The molecule has 0 aromatic heterocycles. The Morgan fingerprint density at radius 1 is 1.14 bits per heavy atom. The molecular formula is C15H11F4NO2. The van der Waals surface area contributed by atoms with Gasteiger partial charge in [0.2, 0.25) is 0 Å². The molecule has 0 aliphatic heterocycles. The molecule has 1 N–H and O–H groups in total. The van der Waals surface area contributed by atoms with Crippen LogP contribution in [0.25, 0.3) is 0 Å². The SMILES string of the molecule is O=C(NCc1ccc(F)cc1F)c1ccccc1OC(F)F. The fourth-order valence-corrected chi connectivity index (χ4v) is 1.79. The molecule has 0 saturated carbocycles. The summed E-state index contributed by atoms with van der Waals surface area (Å²) in [6, 6.07) is 8.37. The van der Waals surface area contributed by atoms with Gasteiger partial charge < -0.3 is 10.1 Å². The zero-order chi connectivity index (χ0) is 16.1. The molecule has 3 nitrogen and oxygen atoms in total. The van der Waals surface area contributed by atoms with Gasteiger partial charge in [-0.05, 0) is 18.2 Å². The topological polar surface area (TPSA) is 38.3 Å². The van der Waals surface area contributed by atoms with Gasteiger partial charge in [-0.1, -0.05) is 18.2 Å². The molecule has 0 aliphatic rings. The molecule has 0 atom stereocenters. The molecule has 0 spiro atoms. The normalized spacial score (nSPS) is 10.6. The zero-order valence-electron chi connectivity index (χ0n) is 11.2. The Balaban J connectivity index is 2.09. The highest BCUT2D eigenvalue weighted by atomic mass is 19.3. The van der Waals surface area contributed by atoms with E-state index < -0.39 is 24.2 Å². The van der Waals surface area contributed by atoms with E-state index in [-0.39, 0.29) is 23.4 Å². The maximum absolute atomic E-state index is 13.4. The van der Waals surface area contributed by atoms with E-state index in [0.29, 0.717) is 6.07 Å². The summed E-state index contributed by atoms with van der Waals surface area (Å²) in [6.07, 6.45) is 0. The lowest BCUT2D eigenvalue weighted by Gasteiger charge is -2.11. The van der Waals surface area contributed by atoms with Crippen molar-refractivity contribution in [1.82, 2.24) is 5.32 Å². The van der Waals surface area contributed by atoms with Gasteiger partial charge >= 0.3 is 6.61 Å². The minimum absolute atomic E-state index is 0.0713. The maximum atomic E-state index is 13.4. The predicted molar refractivity (Wildman–Crippen MR) is 70.6 cm³/mol. The molecule has 2 aromatic rings. The Bertz CT molecular complexity index is 676. The predicted octanol–water partition coefficient (Wildman–Crippen LogP) is 3.50. The first kappa shape index (κ1) is 15.8. The van der Waals surface area contributed by atoms with E-state index in [0.717, 1.165) is 6.07 Å². The van der Waals surface area contributed by atoms with E-state index in [1.807, 2.05) is 0 Å². The van der Waals surface area contributed by atoms with Crippen LogP contribution in [0.1, 0.15) is 15.9 Å². The van der Waals surface area contributed by atoms with E-state index in [2.05, 4.69) is 10.1 Å². The summed E-state index contributed by atoms with van der Waals surface area (Å²) >= 11 is 0. The Hall–Kier alpha value is -2.57. The van der Waals surface area contributed by atoms with Gasteiger partial charge in [-0.15, -0.1) is 0 Å². The molecule has 0 heterocycles. The molecule has 0 bridgehead atoms. The number of para-hydroxylation sites is 1. The number of benzene rings is 2. The lowest BCUT2D eigenvalue weighted by molar-refractivity contribution is -0.0501. The number of alkyl halides is 2. The van der Waals surface area contributed by atoms with Crippen LogP contribution >= 0.6 is 0 Å². The molecule has 0 aliphatic carbocycles. The molecule has 0 fully saturated rings. The average molecular weight is 313 g/mol. The lowest BCUT2D eigenvalue weighted by atomic mass is 10.1. The van der Waals surface area contributed by atoms with E-state index in [1.54, 1.807) is 0 Å². The van der Waals surface area contributed by atoms with Crippen molar-refractivity contribution in [3.05, 3.63) is 65.2 Å². The molecule has 116 valence electrons. The number of carbonyl (C=O) groups excluding carboxylic acids is 1. The number of halogens is 4. The minimum Gasteiger partial charge on any atom is -0.434 e. The number of amides is 1. The van der Waals surface area contributed by atoms with Crippen LogP contribution in [-0.2, 0) is 6.54 Å². The molecule has 0 saturated heterocycles. The van der Waals surface area contributed by atoms with Gasteiger partial charge in [-0.3, -0.25) is 4.79 Å². The van der Waals surface area contributed by atoms with Crippen molar-refractivity contribution >= 4 is 5.91 Å². The summed E-state index contributed by atoms with van der Waals surface area (Å²) in [5.41, 5.74) is -0.0349. The van der Waals surface area contributed by atoms with E-state index in [1.165, 1.54) is 30.3 Å². The third kappa shape index (κ3) is 3.97. The summed E-state index contributed by atoms with van der Waals surface area (Å²) in [6.45, 7) is -3.28. The molecule has 22 heavy (non-hydrogen) atoms. The molecule has 1 amide bonds. The average Bonchev–Trinajstić information content (AvgIpc) is 2.46. The number of carbonyl (C=O) groups is 1. The monoisotopic (exact) mass is 313 g/mol. The second kappa shape index (κ2) is 6.93. The van der Waals surface area contributed by atoms with Crippen molar-refractivity contribution < 1.29 is 27.1 Å². The molecule has 7 heteroatoms. The van der Waals surface area contributed by atoms with Crippen molar-refractivity contribution in [2.75, 3.05) is 0 Å². The van der Waals surface area contributed by atoms with Gasteiger partial charge in [0, 0.05) is 18.2 Å². The Kier molecular flexibility index (Phi) is 4.98. The van der Waals surface area contributed by atoms with E-state index in [4.69, 9.17) is 0 Å². The van der Waals surface area contributed by atoms with Gasteiger partial charge in [0.05, 0.1) is 5.56 Å². The number of ether oxygens (including phenoxy) is 1. The van der Waals surface area contributed by atoms with Crippen molar-refractivity contribution in [3.8, 4) is 5.75 Å². The number of hydrogen-bond donors (Lipinski definition) is 1. The van der Waals surface area contributed by atoms with Crippen molar-refractivity contribution in [1.29, 1.82) is 0 Å². The third-order valence-electron chi connectivity index (χ3n) is 2.80. The lowest BCUT2D eigenvalue weighted by Crippen LogP contribution is -2.24. The van der Waals surface area contributed by atoms with Crippen LogP contribution in [0, 0.1) is 11.6 Å². The number of hydrogen-bond acceptors (Lipinski definition) is 2. The van der Waals surface area contributed by atoms with Crippen molar-refractivity contribution in [2.24, 2.45) is 0 Å². The Morgan fingerprint density at radius 3 is 2.55 bits per heavy atom. The van der Waals surface area contributed by atoms with Gasteiger partial charge in [0.15, 0.2) is 0 Å². The molecule has 0 unspecified atom stereocenters. The minimum atomic E-state index is -3.07. The highest BCUT2D eigenvalue weighted by Crippen LogP contribution is 2.20. The van der Waals surface area contributed by atoms with Gasteiger partial charge in [-0.2, -0.15) is 8.78 Å². The maximum Gasteiger partial charge on any atom is 0.387 e. The number of nitrogens with one attached hydrogen (secondary N) is 1. The van der Waals surface area contributed by atoms with E-state index >= 15 is 0 Å². The smallest absolute Gasteiger partial charge is 0.387 e. The second-order valence-electron chi connectivity index (χ2n) is 4.29. The summed E-state index contributed by atoms with van der Waals surface area (Å²) in [5.74, 6) is -2.53. The van der Waals surface area contributed by atoms with Crippen molar-refractivity contribution in [2.45, 2.75) is 13.2 Å². The standard InChI is InChI=1S/C15H11F4NO2/c16-10-6-5-9(12(17)7-10)8-20-14(21)11-3-1-2-4-13(11)22-15(18)19/h1-7,15H,8H2,(H,20,21). The van der Waals surface area contributed by atoms with Crippen LogP contribution in [0.2, 0.25) is 0 Å². The van der Waals surface area contributed by atoms with Crippen LogP contribution in [0.3, 0.4) is 0 Å². The van der Waals surface area contributed by atoms with Crippen LogP contribution in [-0.4, -0.2) is 12.5 Å². The van der Waals surface area contributed by atoms with Gasteiger partial charge in [0.25, 0.3) is 5.91 Å². The fourth-order valence-electron chi connectivity index (χ4n) is 1.79. The van der Waals surface area contributed by atoms with Crippen molar-refractivity contribution in [3.63, 3.8) is 0 Å². The highest BCUT2D eigenvalue weighted by Gasteiger charge is 2.15. The molecular weight excluding hydrogens is 302 g/mol. The second-order valence-corrected chi connectivity index (χ2v) is 4.29. The highest BCUT2D eigenvalue weighted by molar-refractivity contribution is 5.96. The van der Waals surface area contributed by atoms with Crippen LogP contribution in [0.15, 0.2) is 42.5 Å². The molecule has 2 rings (SSSR count). The summed E-state index contributed by atoms with van der Waals surface area (Å²) in [7, 11) is 0. The van der Waals surface area contributed by atoms with Crippen LogP contribution < -0.4 is 10.1 Å². The van der Waals surface area contributed by atoms with Gasteiger partial charge in [-0.25, -0.2) is 8.78 Å². The largest absolute Gasteiger partial charge is 0.434 e. The number of rotatable bonds is 5. The first-order valence-electron chi connectivity index (χ1n) is 6.23. The summed E-state index contributed by atoms with van der Waals surface area (Å²) < 4.78 is 55.0. The Labute approximate surface area is 123 Å². The summed E-state index contributed by atoms with van der Waals surface area (Å²) in [5, 5.41) is 2.36. The van der Waals surface area contributed by atoms with Crippen LogP contribution in [0.5, 0.6) is 5.75 Å². The van der Waals surface area contributed by atoms with Gasteiger partial charge in [0.1, 0.15) is 17.4 Å². The third-order valence-corrected chi connectivity index (χ3v) is 2.80. The first-order valence-corrected chi connectivity index (χ1v) is 6.23. The zero-order valence-corrected chi connectivity index (χ0v) is 11.2. The van der Waals surface area contributed by atoms with Crippen LogP contribution in [0.4, 0.5) is 17.6 Å². The summed E-state index contributed by atoms with van der Waals surface area (Å²) in [4.78, 5) is 12.0. The Morgan fingerprint density at radius 2 is 1.86 bits per heavy atom. The fraction of sp³-hybridized carbons (Fsp3) is 0.133.